The number of benzene rings is 1. The van der Waals surface area contributed by atoms with Crippen molar-refractivity contribution in [3.8, 4) is 0 Å². The third-order valence-electron chi connectivity index (χ3n) is 7.74. The van der Waals surface area contributed by atoms with Gasteiger partial charge in [-0.3, -0.25) is 14.4 Å². The number of nitrogens with one attached hydrogen (secondary N) is 2. The molecule has 3 atom stereocenters. The predicted molar refractivity (Wildman–Crippen MR) is 149 cm³/mol. The zero-order valence-corrected chi connectivity index (χ0v) is 23.9. The second-order valence-corrected chi connectivity index (χ2v) is 11.8. The zero-order valence-electron chi connectivity index (χ0n) is 23.0. The fourth-order valence-electron chi connectivity index (χ4n) is 5.73. The fraction of sp³-hybridized carbons (Fsp3) is 0.655. The van der Waals surface area contributed by atoms with Crippen molar-refractivity contribution < 1.29 is 28.7 Å². The molecule has 4 rings (SSSR count). The number of cyclic esters (lactones) is 1. The first kappa shape index (κ1) is 29.4. The Hall–Kier alpha value is -2.59. The van der Waals surface area contributed by atoms with Crippen LogP contribution in [0.5, 0.6) is 0 Å². The molecule has 0 spiro atoms. The molecule has 10 heteroatoms. The van der Waals surface area contributed by atoms with E-state index in [2.05, 4.69) is 10.6 Å². The van der Waals surface area contributed by atoms with E-state index >= 15 is 0 Å². The van der Waals surface area contributed by atoms with E-state index in [-0.39, 0.29) is 18.2 Å². The quantitative estimate of drug-likeness (QED) is 0.400. The zero-order chi connectivity index (χ0) is 27.8. The fourth-order valence-corrected chi connectivity index (χ4v) is 6.71. The SMILES string of the molecule is CCOC1OC(=O)c2ccc(C[C@H](NC(C)=O)C(=O)N[C@H]3CSCCN(CCCC4CCCCC4)C3=O)cc21. The number of amides is 3. The van der Waals surface area contributed by atoms with Crippen LogP contribution in [0.15, 0.2) is 18.2 Å². The molecule has 3 amide bonds. The minimum absolute atomic E-state index is 0.0497. The first-order valence-electron chi connectivity index (χ1n) is 14.2. The Labute approximate surface area is 235 Å². The summed E-state index contributed by atoms with van der Waals surface area (Å²) in [4.78, 5) is 52.8. The van der Waals surface area contributed by atoms with Gasteiger partial charge in [0.05, 0.1) is 5.56 Å². The van der Waals surface area contributed by atoms with E-state index in [1.165, 1.54) is 39.0 Å². The van der Waals surface area contributed by atoms with Crippen LogP contribution in [0.4, 0.5) is 0 Å². The van der Waals surface area contributed by atoms with Crippen molar-refractivity contribution in [1.82, 2.24) is 15.5 Å². The van der Waals surface area contributed by atoms with Gasteiger partial charge in [0, 0.05) is 50.1 Å². The lowest BCUT2D eigenvalue weighted by atomic mass is 9.86. The van der Waals surface area contributed by atoms with Gasteiger partial charge in [0.15, 0.2) is 0 Å². The van der Waals surface area contributed by atoms with Crippen LogP contribution in [0.25, 0.3) is 0 Å². The summed E-state index contributed by atoms with van der Waals surface area (Å²) in [6, 6.07) is 3.68. The van der Waals surface area contributed by atoms with Crippen LogP contribution in [-0.2, 0) is 30.3 Å². The van der Waals surface area contributed by atoms with Crippen molar-refractivity contribution in [3.05, 3.63) is 34.9 Å². The molecule has 0 bridgehead atoms. The molecule has 1 saturated carbocycles. The number of thioether (sulfide) groups is 1. The maximum absolute atomic E-state index is 13.4. The summed E-state index contributed by atoms with van der Waals surface area (Å²) in [6.07, 6.45) is 8.13. The molecular weight excluding hydrogens is 518 g/mol. The van der Waals surface area contributed by atoms with E-state index in [4.69, 9.17) is 9.47 Å². The summed E-state index contributed by atoms with van der Waals surface area (Å²) in [5.74, 6) is 0.885. The van der Waals surface area contributed by atoms with Gasteiger partial charge in [-0.15, -0.1) is 0 Å². The lowest BCUT2D eigenvalue weighted by Crippen LogP contribution is -2.55. The Morgan fingerprint density at radius 1 is 1.21 bits per heavy atom. The number of carbonyl (C=O) groups is 4. The number of rotatable bonds is 11. The highest BCUT2D eigenvalue weighted by molar-refractivity contribution is 7.99. The second kappa shape index (κ2) is 14.2. The van der Waals surface area contributed by atoms with Gasteiger partial charge in [0.2, 0.25) is 24.0 Å². The summed E-state index contributed by atoms with van der Waals surface area (Å²) < 4.78 is 10.8. The van der Waals surface area contributed by atoms with Crippen LogP contribution in [0.1, 0.15) is 86.6 Å². The molecule has 1 aromatic rings. The lowest BCUT2D eigenvalue weighted by molar-refractivity contribution is -0.136. The Morgan fingerprint density at radius 3 is 2.74 bits per heavy atom. The molecule has 2 fully saturated rings. The first-order valence-corrected chi connectivity index (χ1v) is 15.4. The molecule has 9 nitrogen and oxygen atoms in total. The third kappa shape index (κ3) is 7.97. The van der Waals surface area contributed by atoms with Gasteiger partial charge >= 0.3 is 5.97 Å². The van der Waals surface area contributed by atoms with Crippen molar-refractivity contribution in [2.45, 2.75) is 83.6 Å². The number of carbonyl (C=O) groups excluding carboxylic acids is 4. The predicted octanol–water partition coefficient (Wildman–Crippen LogP) is 3.36. The van der Waals surface area contributed by atoms with Crippen LogP contribution in [0, 0.1) is 5.92 Å². The molecule has 3 aliphatic rings. The highest BCUT2D eigenvalue weighted by atomic mass is 32.2. The van der Waals surface area contributed by atoms with Crippen molar-refractivity contribution in [2.24, 2.45) is 5.92 Å². The molecule has 0 radical (unpaired) electrons. The number of nitrogens with zero attached hydrogens (tertiary/aromatic N) is 1. The second-order valence-electron chi connectivity index (χ2n) is 10.7. The summed E-state index contributed by atoms with van der Waals surface area (Å²) in [5.41, 5.74) is 1.79. The molecule has 1 saturated heterocycles. The van der Waals surface area contributed by atoms with Gasteiger partial charge in [-0.2, -0.15) is 11.8 Å². The van der Waals surface area contributed by atoms with E-state index in [9.17, 15) is 19.2 Å². The minimum Gasteiger partial charge on any atom is -0.428 e. The smallest absolute Gasteiger partial charge is 0.341 e. The van der Waals surface area contributed by atoms with Crippen molar-refractivity contribution in [2.75, 3.05) is 31.2 Å². The maximum Gasteiger partial charge on any atom is 0.341 e. The molecule has 0 aromatic heterocycles. The normalized spacial score (nSPS) is 22.6. The van der Waals surface area contributed by atoms with Gasteiger partial charge < -0.3 is 25.0 Å². The Bertz CT molecular complexity index is 1040. The van der Waals surface area contributed by atoms with Crippen molar-refractivity contribution in [3.63, 3.8) is 0 Å². The summed E-state index contributed by atoms with van der Waals surface area (Å²) in [7, 11) is 0. The van der Waals surface area contributed by atoms with Crippen molar-refractivity contribution in [1.29, 1.82) is 0 Å². The van der Waals surface area contributed by atoms with E-state index in [0.29, 0.717) is 36.6 Å². The summed E-state index contributed by atoms with van der Waals surface area (Å²) in [5, 5.41) is 5.65. The van der Waals surface area contributed by atoms with E-state index < -0.39 is 30.3 Å². The van der Waals surface area contributed by atoms with Crippen LogP contribution < -0.4 is 10.6 Å². The highest BCUT2D eigenvalue weighted by Gasteiger charge is 2.34. The Kier molecular flexibility index (Phi) is 10.7. The number of hydrogen-bond acceptors (Lipinski definition) is 7. The number of ether oxygens (including phenoxy) is 2. The molecule has 1 unspecified atom stereocenters. The molecular formula is C29H41N3O6S. The molecule has 39 heavy (non-hydrogen) atoms. The minimum atomic E-state index is -0.870. The third-order valence-corrected chi connectivity index (χ3v) is 8.78. The topological polar surface area (TPSA) is 114 Å². The maximum atomic E-state index is 13.4. The van der Waals surface area contributed by atoms with Crippen LogP contribution in [-0.4, -0.2) is 71.9 Å². The molecule has 1 aromatic carbocycles. The van der Waals surface area contributed by atoms with Crippen molar-refractivity contribution >= 4 is 35.5 Å². The molecule has 214 valence electrons. The van der Waals surface area contributed by atoms with E-state index in [1.807, 2.05) is 11.8 Å². The van der Waals surface area contributed by atoms with Gasteiger partial charge in [-0.05, 0) is 43.4 Å². The number of esters is 1. The summed E-state index contributed by atoms with van der Waals surface area (Å²) in [6.45, 7) is 4.96. The van der Waals surface area contributed by atoms with Crippen LogP contribution in [0.3, 0.4) is 0 Å². The number of fused-ring (bicyclic) bond motifs is 1. The lowest BCUT2D eigenvalue weighted by Gasteiger charge is -2.27. The monoisotopic (exact) mass is 559 g/mol. The highest BCUT2D eigenvalue weighted by Crippen LogP contribution is 2.32. The van der Waals surface area contributed by atoms with E-state index in [0.717, 1.165) is 30.1 Å². The molecule has 2 N–H and O–H groups in total. The van der Waals surface area contributed by atoms with Crippen LogP contribution >= 0.6 is 11.8 Å². The molecule has 1 aliphatic carbocycles. The standard InChI is InChI=1S/C29H41N3O6S/c1-3-37-29-23-16-21(11-12-22(23)28(36)38-29)17-24(30-19(2)33)26(34)31-25-18-39-15-14-32(27(25)35)13-7-10-20-8-5-4-6-9-20/h11-12,16,20,24-25,29H,3-10,13-15,17-18H2,1-2H3,(H,30,33)(H,31,34)/t24-,25-,29?/m0/s1. The molecule has 2 aliphatic heterocycles. The Balaban J connectivity index is 1.38. The number of hydrogen-bond donors (Lipinski definition) is 2. The van der Waals surface area contributed by atoms with Gasteiger partial charge in [-0.25, -0.2) is 4.79 Å². The average Bonchev–Trinajstić information content (AvgIpc) is 3.12. The molecule has 2 heterocycles. The average molecular weight is 560 g/mol. The van der Waals surface area contributed by atoms with Gasteiger partial charge in [0.1, 0.15) is 12.1 Å². The largest absolute Gasteiger partial charge is 0.428 e. The van der Waals surface area contributed by atoms with Gasteiger partial charge in [0.25, 0.3) is 0 Å². The Morgan fingerprint density at radius 2 is 2.00 bits per heavy atom. The summed E-state index contributed by atoms with van der Waals surface area (Å²) >= 11 is 1.66. The van der Waals surface area contributed by atoms with Gasteiger partial charge in [-0.1, -0.05) is 38.2 Å². The van der Waals surface area contributed by atoms with E-state index in [1.54, 1.807) is 30.0 Å². The first-order chi connectivity index (χ1) is 18.9. The van der Waals surface area contributed by atoms with Crippen LogP contribution in [0.2, 0.25) is 0 Å².